The molecule has 3 atom stereocenters. The highest BCUT2D eigenvalue weighted by atomic mass is 35.5. The first-order chi connectivity index (χ1) is 17.2. The predicted octanol–water partition coefficient (Wildman–Crippen LogP) is 2.25. The van der Waals surface area contributed by atoms with Crippen LogP contribution in [0.15, 0.2) is 54.6 Å². The molecule has 0 aliphatic carbocycles. The van der Waals surface area contributed by atoms with E-state index in [1.165, 1.54) is 0 Å². The van der Waals surface area contributed by atoms with Crippen molar-refractivity contribution >= 4 is 42.5 Å². The van der Waals surface area contributed by atoms with Crippen molar-refractivity contribution in [2.24, 2.45) is 11.7 Å². The van der Waals surface area contributed by atoms with Crippen LogP contribution in [0, 0.1) is 5.92 Å². The fraction of sp³-hybridized carbons (Fsp3) is 0.444. The summed E-state index contributed by atoms with van der Waals surface area (Å²) in [6, 6.07) is 14.6. The van der Waals surface area contributed by atoms with E-state index >= 15 is 0 Å². The highest BCUT2D eigenvalue weighted by Gasteiger charge is 2.28. The predicted molar refractivity (Wildman–Crippen MR) is 154 cm³/mol. The second-order valence-electron chi connectivity index (χ2n) is 9.28. The van der Waals surface area contributed by atoms with Gasteiger partial charge in [-0.2, -0.15) is 0 Å². The monoisotopic (exact) mass is 569 g/mol. The Morgan fingerprint density at radius 2 is 1.55 bits per heavy atom. The summed E-state index contributed by atoms with van der Waals surface area (Å²) in [4.78, 5) is 37.6. The van der Waals surface area contributed by atoms with Gasteiger partial charge in [-0.3, -0.25) is 19.8 Å². The van der Waals surface area contributed by atoms with Crippen LogP contribution >= 0.6 is 24.8 Å². The van der Waals surface area contributed by atoms with Gasteiger partial charge in [-0.15, -0.1) is 24.8 Å². The van der Waals surface area contributed by atoms with Gasteiger partial charge in [0.1, 0.15) is 12.1 Å². The van der Waals surface area contributed by atoms with Crippen molar-refractivity contribution in [2.45, 2.75) is 64.8 Å². The van der Waals surface area contributed by atoms with Gasteiger partial charge in [-0.25, -0.2) is 5.43 Å². The summed E-state index contributed by atoms with van der Waals surface area (Å²) in [6.07, 6.45) is 0.191. The lowest BCUT2D eigenvalue weighted by molar-refractivity contribution is -0.135. The Morgan fingerprint density at radius 3 is 2.13 bits per heavy atom. The van der Waals surface area contributed by atoms with Crippen LogP contribution in [0.4, 0.5) is 0 Å². The van der Waals surface area contributed by atoms with E-state index in [0.717, 1.165) is 17.5 Å². The minimum atomic E-state index is -1.45. The van der Waals surface area contributed by atoms with E-state index in [4.69, 9.17) is 5.73 Å². The zero-order valence-electron chi connectivity index (χ0n) is 22.1. The van der Waals surface area contributed by atoms with Gasteiger partial charge in [0.05, 0.1) is 0 Å². The molecule has 38 heavy (non-hydrogen) atoms. The summed E-state index contributed by atoms with van der Waals surface area (Å²) in [7, 11) is 0. The first kappa shape index (κ1) is 35.3. The molecular weight excluding hydrogens is 529 g/mol. The Bertz CT molecular complexity index is 977. The zero-order chi connectivity index (χ0) is 26.5. The van der Waals surface area contributed by atoms with Gasteiger partial charge >= 0.3 is 0 Å². The lowest BCUT2D eigenvalue weighted by atomic mass is 9.99. The van der Waals surface area contributed by atoms with Crippen LogP contribution in [0.25, 0.3) is 0 Å². The maximum Gasteiger partial charge on any atom is 0.265 e. The molecule has 7 N–H and O–H groups in total. The summed E-state index contributed by atoms with van der Waals surface area (Å²) >= 11 is 0. The Labute approximate surface area is 237 Å². The summed E-state index contributed by atoms with van der Waals surface area (Å²) in [6.45, 7) is 6.81. The number of amides is 3. The third-order valence-electron chi connectivity index (χ3n) is 5.59. The molecule has 0 aromatic heterocycles. The average molecular weight is 571 g/mol. The first-order valence-corrected chi connectivity index (χ1v) is 12.4. The van der Waals surface area contributed by atoms with Crippen LogP contribution in [-0.4, -0.2) is 47.6 Å². The molecule has 0 aliphatic rings. The lowest BCUT2D eigenvalue weighted by Crippen LogP contribution is -2.54. The summed E-state index contributed by atoms with van der Waals surface area (Å²) in [5.41, 5.74) is 13.7. The van der Waals surface area contributed by atoms with Gasteiger partial charge in [0, 0.05) is 24.7 Å². The van der Waals surface area contributed by atoms with Gasteiger partial charge in [0.2, 0.25) is 5.91 Å². The highest BCUT2D eigenvalue weighted by molar-refractivity contribution is 5.94. The van der Waals surface area contributed by atoms with Crippen LogP contribution in [0.3, 0.4) is 0 Å². The maximum atomic E-state index is 12.9. The van der Waals surface area contributed by atoms with Crippen molar-refractivity contribution < 1.29 is 19.5 Å². The molecule has 0 saturated carbocycles. The fourth-order valence-electron chi connectivity index (χ4n) is 3.58. The molecule has 3 amide bonds. The maximum absolute atomic E-state index is 12.9. The van der Waals surface area contributed by atoms with Gasteiger partial charge in [0.15, 0.2) is 0 Å². The first-order valence-electron chi connectivity index (χ1n) is 12.4. The fourth-order valence-corrected chi connectivity index (χ4v) is 3.58. The van der Waals surface area contributed by atoms with Gasteiger partial charge in [-0.1, -0.05) is 63.2 Å². The van der Waals surface area contributed by atoms with Gasteiger partial charge in [0.25, 0.3) is 11.8 Å². The van der Waals surface area contributed by atoms with Crippen molar-refractivity contribution in [1.82, 2.24) is 21.5 Å². The quantitative estimate of drug-likeness (QED) is 0.152. The number of halogens is 2. The van der Waals surface area contributed by atoms with Crippen molar-refractivity contribution in [3.05, 3.63) is 71.3 Å². The number of carbonyl (C=O) groups is 3. The number of hydrogen-bond donors (Lipinski definition) is 6. The van der Waals surface area contributed by atoms with Gasteiger partial charge < -0.3 is 21.5 Å². The molecule has 0 spiro atoms. The third kappa shape index (κ3) is 12.2. The zero-order valence-corrected chi connectivity index (χ0v) is 23.7. The number of nitrogens with two attached hydrogens (primary N) is 1. The van der Waals surface area contributed by atoms with Crippen molar-refractivity contribution in [3.8, 4) is 0 Å². The molecule has 212 valence electrons. The number of hydrazine groups is 1. The standard InChI is InChI=1S/C27H39N5O4.2ClH/c1-4-14-30-32-25(34)21-12-10-20(11-13-21)17-29-26(35)23(15-18(2)3)31-27(36)24(33)22(28)16-19-8-6-5-7-9-19;;/h5-13,18,22-24,30,33H,4,14-17,28H2,1-3H3,(H,29,35)(H,31,36)(H,32,34);2*1H/t22-,23+,24+;;/m1../s1. The van der Waals surface area contributed by atoms with Crippen LogP contribution in [0.5, 0.6) is 0 Å². The second kappa shape index (κ2) is 18.5. The van der Waals surface area contributed by atoms with E-state index in [0.29, 0.717) is 24.9 Å². The minimum absolute atomic E-state index is 0. The molecule has 0 bridgehead atoms. The largest absolute Gasteiger partial charge is 0.382 e. The Kier molecular flexibility index (Phi) is 17.2. The number of nitrogens with one attached hydrogen (secondary N) is 4. The molecule has 11 heteroatoms. The molecule has 2 aromatic rings. The Balaban J connectivity index is 0.00000684. The molecule has 0 fully saturated rings. The Hall–Kier alpha value is -2.69. The van der Waals surface area contributed by atoms with Crippen LogP contribution < -0.4 is 27.2 Å². The average Bonchev–Trinajstić information content (AvgIpc) is 2.87. The smallest absolute Gasteiger partial charge is 0.265 e. The highest BCUT2D eigenvalue weighted by Crippen LogP contribution is 2.09. The molecule has 0 radical (unpaired) electrons. The molecule has 0 saturated heterocycles. The van der Waals surface area contributed by atoms with Gasteiger partial charge in [-0.05, 0) is 48.4 Å². The topological polar surface area (TPSA) is 146 Å². The number of benzene rings is 2. The van der Waals surface area contributed by atoms with Crippen LogP contribution in [-0.2, 0) is 22.6 Å². The molecule has 2 rings (SSSR count). The summed E-state index contributed by atoms with van der Waals surface area (Å²) in [5.74, 6) is -1.13. The van der Waals surface area contributed by atoms with E-state index in [-0.39, 0.29) is 49.1 Å². The SMILES string of the molecule is CCCNNC(=O)c1ccc(CNC(=O)[C@H](CC(C)C)NC(=O)[C@@H](O)[C@H](N)Cc2ccccc2)cc1.Cl.Cl. The number of rotatable bonds is 14. The second-order valence-corrected chi connectivity index (χ2v) is 9.28. The van der Waals surface area contributed by atoms with E-state index in [1.807, 2.05) is 51.1 Å². The lowest BCUT2D eigenvalue weighted by Gasteiger charge is -2.24. The van der Waals surface area contributed by atoms with E-state index in [9.17, 15) is 19.5 Å². The van der Waals surface area contributed by atoms with E-state index in [1.54, 1.807) is 24.3 Å². The molecular formula is C27H41Cl2N5O4. The molecule has 0 aliphatic heterocycles. The van der Waals surface area contributed by atoms with Crippen LogP contribution in [0.2, 0.25) is 0 Å². The number of aliphatic hydroxyl groups is 1. The van der Waals surface area contributed by atoms with E-state index < -0.39 is 24.1 Å². The number of aliphatic hydroxyl groups excluding tert-OH is 1. The third-order valence-corrected chi connectivity index (χ3v) is 5.59. The van der Waals surface area contributed by atoms with Crippen molar-refractivity contribution in [1.29, 1.82) is 0 Å². The Morgan fingerprint density at radius 1 is 0.921 bits per heavy atom. The normalized spacial score (nSPS) is 12.8. The van der Waals surface area contributed by atoms with Crippen molar-refractivity contribution in [3.63, 3.8) is 0 Å². The van der Waals surface area contributed by atoms with E-state index in [2.05, 4.69) is 21.5 Å². The molecule has 0 heterocycles. The summed E-state index contributed by atoms with van der Waals surface area (Å²) < 4.78 is 0. The molecule has 0 unspecified atom stereocenters. The summed E-state index contributed by atoms with van der Waals surface area (Å²) in [5, 5.41) is 15.9. The van der Waals surface area contributed by atoms with Crippen LogP contribution in [0.1, 0.15) is 55.1 Å². The molecule has 2 aromatic carbocycles. The molecule has 9 nitrogen and oxygen atoms in total. The number of carbonyl (C=O) groups excluding carboxylic acids is 3. The van der Waals surface area contributed by atoms with Crippen molar-refractivity contribution in [2.75, 3.05) is 6.54 Å². The minimum Gasteiger partial charge on any atom is -0.382 e. The number of hydrogen-bond acceptors (Lipinski definition) is 6.